The number of rotatable bonds is 20. The summed E-state index contributed by atoms with van der Waals surface area (Å²) in [6.45, 7) is 2.13. The van der Waals surface area contributed by atoms with Crippen molar-refractivity contribution in [2.45, 2.75) is 122 Å². The van der Waals surface area contributed by atoms with E-state index >= 15 is 0 Å². The van der Waals surface area contributed by atoms with Gasteiger partial charge in [-0.25, -0.2) is 0 Å². The molecule has 0 aliphatic heterocycles. The molecule has 1 N–H and O–H groups in total. The maximum Gasteiger partial charge on any atom is 0.238 e. The number of allylic oxidation sites excluding steroid dienone is 2. The van der Waals surface area contributed by atoms with E-state index in [9.17, 15) is 20.0 Å². The van der Waals surface area contributed by atoms with Crippen molar-refractivity contribution in [3.8, 4) is 0 Å². The fourth-order valence-corrected chi connectivity index (χ4v) is 3.42. The van der Waals surface area contributed by atoms with Gasteiger partial charge in [-0.3, -0.25) is 14.9 Å². The summed E-state index contributed by atoms with van der Waals surface area (Å²) >= 11 is 0. The lowest BCUT2D eigenvalue weighted by Gasteiger charge is -2.16. The van der Waals surface area contributed by atoms with Crippen LogP contribution in [0.3, 0.4) is 0 Å². The molecule has 0 bridgehead atoms. The molecule has 0 saturated heterocycles. The van der Waals surface area contributed by atoms with Gasteiger partial charge in [0, 0.05) is 11.3 Å². The second-order valence-electron chi connectivity index (χ2n) is 7.59. The monoisotopic (exact) mass is 383 g/mol. The number of carbonyl (C=O) groups is 1. The maximum absolute atomic E-state index is 11.2. The van der Waals surface area contributed by atoms with Gasteiger partial charge in [-0.15, -0.1) is 0 Å². The number of unbranched alkanes of at least 4 members (excludes halogenated alkanes) is 12. The van der Waals surface area contributed by atoms with E-state index in [1.807, 2.05) is 6.08 Å². The first-order chi connectivity index (χ1) is 13.1. The fourth-order valence-electron chi connectivity index (χ4n) is 3.42. The summed E-state index contributed by atoms with van der Waals surface area (Å²) in [6, 6.07) is -0.792. The minimum atomic E-state index is -0.793. The quantitative estimate of drug-likeness (QED) is 0.0917. The molecule has 0 aliphatic rings. The maximum atomic E-state index is 11.2. The number of aliphatic hydroxyl groups is 1. The molecule has 0 amide bonds. The number of carbonyl (C=O) groups excluding carboxylic acids is 1. The molecule has 0 aromatic rings. The van der Waals surface area contributed by atoms with Crippen molar-refractivity contribution in [3.63, 3.8) is 0 Å². The van der Waals surface area contributed by atoms with E-state index in [-0.39, 0.29) is 4.92 Å². The van der Waals surface area contributed by atoms with Crippen molar-refractivity contribution in [2.24, 2.45) is 0 Å². The smallest absolute Gasteiger partial charge is 0.238 e. The van der Waals surface area contributed by atoms with Crippen LogP contribution in [0.4, 0.5) is 0 Å². The number of aldehydes is 1. The highest BCUT2D eigenvalue weighted by Gasteiger charge is 2.28. The molecule has 2 atom stereocenters. The Bertz CT molecular complexity index is 385. The molecule has 0 rings (SSSR count). The molecule has 158 valence electrons. The van der Waals surface area contributed by atoms with E-state index in [0.29, 0.717) is 12.8 Å². The lowest BCUT2D eigenvalue weighted by molar-refractivity contribution is -0.535. The molecule has 0 saturated carbocycles. The predicted octanol–water partition coefficient (Wildman–Crippen LogP) is 6.01. The lowest BCUT2D eigenvalue weighted by Crippen LogP contribution is -2.33. The Labute approximate surface area is 165 Å². The zero-order valence-corrected chi connectivity index (χ0v) is 17.3. The molecular weight excluding hydrogens is 342 g/mol. The topological polar surface area (TPSA) is 80.4 Å². The molecule has 5 nitrogen and oxygen atoms in total. The lowest BCUT2D eigenvalue weighted by atomic mass is 9.98. The third-order valence-corrected chi connectivity index (χ3v) is 5.15. The van der Waals surface area contributed by atoms with Crippen LogP contribution in [0.15, 0.2) is 12.2 Å². The van der Waals surface area contributed by atoms with Gasteiger partial charge < -0.3 is 5.11 Å². The van der Waals surface area contributed by atoms with Gasteiger partial charge in [0.15, 0.2) is 0 Å². The van der Waals surface area contributed by atoms with Gasteiger partial charge in [-0.1, -0.05) is 83.6 Å². The predicted molar refractivity (Wildman–Crippen MR) is 112 cm³/mol. The van der Waals surface area contributed by atoms with E-state index < -0.39 is 12.1 Å². The second kappa shape index (κ2) is 19.5. The van der Waals surface area contributed by atoms with Gasteiger partial charge in [-0.2, -0.15) is 0 Å². The summed E-state index contributed by atoms with van der Waals surface area (Å²) < 4.78 is 0. The van der Waals surface area contributed by atoms with Crippen LogP contribution in [0.25, 0.3) is 0 Å². The first kappa shape index (κ1) is 25.8. The van der Waals surface area contributed by atoms with E-state index in [1.54, 1.807) is 6.08 Å². The zero-order chi connectivity index (χ0) is 20.2. The average Bonchev–Trinajstić information content (AvgIpc) is 2.65. The van der Waals surface area contributed by atoms with Crippen LogP contribution in [-0.4, -0.2) is 28.5 Å². The molecular formula is C22H41NO4. The Balaban J connectivity index is 3.59. The highest BCUT2D eigenvalue weighted by molar-refractivity contribution is 5.64. The first-order valence-corrected chi connectivity index (χ1v) is 11.0. The Morgan fingerprint density at radius 2 is 1.37 bits per heavy atom. The zero-order valence-electron chi connectivity index (χ0n) is 17.3. The molecule has 0 radical (unpaired) electrons. The summed E-state index contributed by atoms with van der Waals surface area (Å²) in [5, 5.41) is 21.3. The van der Waals surface area contributed by atoms with Gasteiger partial charge in [-0.05, 0) is 31.8 Å². The SMILES string of the molecule is CCCCCCC(O)C(CCCCCCCCCCCC=CC=O)[N+](=O)[O-]. The highest BCUT2D eigenvalue weighted by Crippen LogP contribution is 2.17. The van der Waals surface area contributed by atoms with Crippen molar-refractivity contribution in [1.29, 1.82) is 0 Å². The van der Waals surface area contributed by atoms with Crippen molar-refractivity contribution in [2.75, 3.05) is 0 Å². The largest absolute Gasteiger partial charge is 0.386 e. The normalized spacial score (nSPS) is 13.7. The molecule has 0 aromatic heterocycles. The van der Waals surface area contributed by atoms with E-state index in [2.05, 4.69) is 6.92 Å². The Kier molecular flexibility index (Phi) is 18.6. The molecule has 2 unspecified atom stereocenters. The number of nitro groups is 1. The Morgan fingerprint density at radius 3 is 1.93 bits per heavy atom. The van der Waals surface area contributed by atoms with E-state index in [4.69, 9.17) is 0 Å². The van der Waals surface area contributed by atoms with Crippen molar-refractivity contribution < 1.29 is 14.8 Å². The van der Waals surface area contributed by atoms with Crippen molar-refractivity contribution in [3.05, 3.63) is 22.3 Å². The summed E-state index contributed by atoms with van der Waals surface area (Å²) in [6.07, 6.45) is 20.0. The summed E-state index contributed by atoms with van der Waals surface area (Å²) in [4.78, 5) is 21.0. The number of hydrogen-bond donors (Lipinski definition) is 1. The molecule has 0 aliphatic carbocycles. The number of aliphatic hydroxyl groups excluding tert-OH is 1. The third kappa shape index (κ3) is 16.7. The Hall–Kier alpha value is -1.23. The molecule has 0 fully saturated rings. The van der Waals surface area contributed by atoms with Crippen LogP contribution >= 0.6 is 0 Å². The van der Waals surface area contributed by atoms with Crippen LogP contribution in [-0.2, 0) is 4.79 Å². The van der Waals surface area contributed by atoms with Gasteiger partial charge in [0.05, 0.1) is 0 Å². The fraction of sp³-hybridized carbons (Fsp3) is 0.864. The summed E-state index contributed by atoms with van der Waals surface area (Å²) in [5.41, 5.74) is 0. The molecule has 0 heterocycles. The standard InChI is InChI=1S/C22H41NO4/c1-2-3-4-16-19-22(25)21(23(26)27)18-15-13-11-9-7-5-6-8-10-12-14-17-20-24/h14,17,20-22,25H,2-13,15-16,18-19H2,1H3. The molecule has 27 heavy (non-hydrogen) atoms. The van der Waals surface area contributed by atoms with Gasteiger partial charge in [0.2, 0.25) is 6.04 Å². The van der Waals surface area contributed by atoms with Crippen LogP contribution in [0.5, 0.6) is 0 Å². The summed E-state index contributed by atoms with van der Waals surface area (Å²) in [5.74, 6) is 0. The molecule has 5 heteroatoms. The second-order valence-corrected chi connectivity index (χ2v) is 7.59. The van der Waals surface area contributed by atoms with Crippen LogP contribution in [0.1, 0.15) is 110 Å². The molecule has 0 spiro atoms. The van der Waals surface area contributed by atoms with Gasteiger partial charge in [0.1, 0.15) is 12.4 Å². The van der Waals surface area contributed by atoms with Gasteiger partial charge >= 0.3 is 0 Å². The van der Waals surface area contributed by atoms with Crippen LogP contribution < -0.4 is 0 Å². The Morgan fingerprint density at radius 1 is 0.852 bits per heavy atom. The first-order valence-electron chi connectivity index (χ1n) is 11.0. The minimum Gasteiger partial charge on any atom is -0.386 e. The van der Waals surface area contributed by atoms with E-state index in [0.717, 1.165) is 64.1 Å². The van der Waals surface area contributed by atoms with Crippen molar-refractivity contribution in [1.82, 2.24) is 0 Å². The highest BCUT2D eigenvalue weighted by atomic mass is 16.6. The van der Waals surface area contributed by atoms with Crippen LogP contribution in [0, 0.1) is 10.1 Å². The van der Waals surface area contributed by atoms with E-state index in [1.165, 1.54) is 32.1 Å². The third-order valence-electron chi connectivity index (χ3n) is 5.15. The number of hydrogen-bond acceptors (Lipinski definition) is 4. The molecule has 0 aromatic carbocycles. The average molecular weight is 384 g/mol. The van der Waals surface area contributed by atoms with Crippen molar-refractivity contribution >= 4 is 6.29 Å². The minimum absolute atomic E-state index is 0.283. The summed E-state index contributed by atoms with van der Waals surface area (Å²) in [7, 11) is 0. The van der Waals surface area contributed by atoms with Crippen LogP contribution in [0.2, 0.25) is 0 Å². The number of nitrogens with zero attached hydrogens (tertiary/aromatic N) is 1. The van der Waals surface area contributed by atoms with Gasteiger partial charge in [0.25, 0.3) is 0 Å².